The van der Waals surface area contributed by atoms with Crippen LogP contribution in [-0.2, 0) is 19.1 Å². The number of aromatic nitrogens is 2. The van der Waals surface area contributed by atoms with Gasteiger partial charge in [-0.25, -0.2) is 9.97 Å². The molecule has 3 rings (SSSR count). The zero-order chi connectivity index (χ0) is 26.5. The number of likely N-dealkylation sites (tertiary alicyclic amines) is 1. The second-order valence-electron chi connectivity index (χ2n) is 10.6. The molecule has 0 radical (unpaired) electrons. The summed E-state index contributed by atoms with van der Waals surface area (Å²) < 4.78 is 5.10. The van der Waals surface area contributed by atoms with Crippen molar-refractivity contribution in [1.29, 1.82) is 0 Å². The summed E-state index contributed by atoms with van der Waals surface area (Å²) in [6.07, 6.45) is 1.76. The summed E-state index contributed by atoms with van der Waals surface area (Å²) in [5, 5.41) is 0.773. The standard InChI is InChI=1S/C25H38ClN5O4S/c1-6-35-23(34)18-7-9-29(10-8-18)22(33)16-36-24-27-19(26)13-20(28-24)30-11-12-31(17(2)15-30)21(32)14-25(3,4)5/h13,17-18H,6-12,14-16H2,1-5H3. The van der Waals surface area contributed by atoms with Crippen LogP contribution in [-0.4, -0.2) is 88.7 Å². The zero-order valence-electron chi connectivity index (χ0n) is 22.0. The molecule has 2 fully saturated rings. The third-order valence-corrected chi connectivity index (χ3v) is 7.43. The van der Waals surface area contributed by atoms with Gasteiger partial charge in [-0.1, -0.05) is 44.1 Å². The lowest BCUT2D eigenvalue weighted by Crippen LogP contribution is -2.54. The lowest BCUT2D eigenvalue weighted by molar-refractivity contribution is -0.151. The predicted octanol–water partition coefficient (Wildman–Crippen LogP) is 3.50. The quantitative estimate of drug-likeness (QED) is 0.225. The first-order valence-electron chi connectivity index (χ1n) is 12.6. The first kappa shape index (κ1) is 28.5. The molecule has 1 aromatic rings. The Morgan fingerprint density at radius 2 is 1.81 bits per heavy atom. The van der Waals surface area contributed by atoms with E-state index in [-0.39, 0.29) is 40.9 Å². The molecule has 36 heavy (non-hydrogen) atoms. The van der Waals surface area contributed by atoms with Gasteiger partial charge in [-0.05, 0) is 32.1 Å². The van der Waals surface area contributed by atoms with Crippen LogP contribution in [0.4, 0.5) is 5.82 Å². The molecule has 3 heterocycles. The number of hydrogen-bond donors (Lipinski definition) is 0. The second-order valence-corrected chi connectivity index (χ2v) is 12.0. The number of carbonyl (C=O) groups is 3. The van der Waals surface area contributed by atoms with Crippen molar-refractivity contribution in [2.24, 2.45) is 11.3 Å². The van der Waals surface area contributed by atoms with Crippen molar-refractivity contribution in [3.8, 4) is 0 Å². The van der Waals surface area contributed by atoms with Crippen LogP contribution in [0, 0.1) is 11.3 Å². The predicted molar refractivity (Wildman–Crippen MR) is 141 cm³/mol. The second kappa shape index (κ2) is 12.4. The molecule has 0 aromatic carbocycles. The van der Waals surface area contributed by atoms with Crippen LogP contribution in [0.2, 0.25) is 5.15 Å². The monoisotopic (exact) mass is 539 g/mol. The Hall–Kier alpha value is -2.07. The Morgan fingerprint density at radius 1 is 1.11 bits per heavy atom. The number of nitrogens with zero attached hydrogens (tertiary/aromatic N) is 5. The van der Waals surface area contributed by atoms with E-state index in [4.69, 9.17) is 16.3 Å². The average Bonchev–Trinajstić information content (AvgIpc) is 2.81. The molecule has 1 atom stereocenters. The molecule has 2 aliphatic rings. The highest BCUT2D eigenvalue weighted by Crippen LogP contribution is 2.27. The Morgan fingerprint density at radius 3 is 2.42 bits per heavy atom. The lowest BCUT2D eigenvalue weighted by atomic mass is 9.91. The van der Waals surface area contributed by atoms with Crippen molar-refractivity contribution in [3.63, 3.8) is 0 Å². The van der Waals surface area contributed by atoms with E-state index >= 15 is 0 Å². The first-order chi connectivity index (χ1) is 17.0. The van der Waals surface area contributed by atoms with Crippen LogP contribution in [0.5, 0.6) is 0 Å². The Labute approximate surface area is 223 Å². The maximum atomic E-state index is 12.7. The van der Waals surface area contributed by atoms with Gasteiger partial charge in [0.2, 0.25) is 11.8 Å². The molecule has 11 heteroatoms. The highest BCUT2D eigenvalue weighted by atomic mass is 35.5. The van der Waals surface area contributed by atoms with Gasteiger partial charge in [-0.15, -0.1) is 0 Å². The van der Waals surface area contributed by atoms with Gasteiger partial charge >= 0.3 is 5.97 Å². The third-order valence-electron chi connectivity index (χ3n) is 6.41. The van der Waals surface area contributed by atoms with Crippen LogP contribution >= 0.6 is 23.4 Å². The molecular weight excluding hydrogens is 502 g/mol. The van der Waals surface area contributed by atoms with E-state index in [1.165, 1.54) is 11.8 Å². The largest absolute Gasteiger partial charge is 0.466 e. The number of hydrogen-bond acceptors (Lipinski definition) is 8. The van der Waals surface area contributed by atoms with E-state index in [1.54, 1.807) is 17.9 Å². The van der Waals surface area contributed by atoms with E-state index in [2.05, 4.69) is 42.6 Å². The minimum absolute atomic E-state index is 0.00738. The molecule has 0 bridgehead atoms. The fourth-order valence-electron chi connectivity index (χ4n) is 4.55. The summed E-state index contributed by atoms with van der Waals surface area (Å²) in [6.45, 7) is 13.5. The topological polar surface area (TPSA) is 95.9 Å². The van der Waals surface area contributed by atoms with Crippen LogP contribution in [0.3, 0.4) is 0 Å². The van der Waals surface area contributed by atoms with Crippen molar-refractivity contribution in [3.05, 3.63) is 11.2 Å². The van der Waals surface area contributed by atoms with E-state index in [9.17, 15) is 14.4 Å². The molecule has 0 N–H and O–H groups in total. The molecule has 1 aromatic heterocycles. The zero-order valence-corrected chi connectivity index (χ0v) is 23.5. The van der Waals surface area contributed by atoms with Crippen LogP contribution in [0.15, 0.2) is 11.2 Å². The van der Waals surface area contributed by atoms with E-state index < -0.39 is 0 Å². The molecule has 200 valence electrons. The maximum Gasteiger partial charge on any atom is 0.309 e. The summed E-state index contributed by atoms with van der Waals surface area (Å²) >= 11 is 7.56. The van der Waals surface area contributed by atoms with Crippen LogP contribution < -0.4 is 4.90 Å². The minimum Gasteiger partial charge on any atom is -0.466 e. The van der Waals surface area contributed by atoms with Crippen molar-refractivity contribution in [1.82, 2.24) is 19.8 Å². The number of carbonyl (C=O) groups excluding carboxylic acids is 3. The number of amides is 2. The molecule has 0 saturated carbocycles. The molecule has 2 amide bonds. The number of halogens is 1. The number of thioether (sulfide) groups is 1. The number of rotatable bonds is 7. The molecule has 2 saturated heterocycles. The molecule has 0 aliphatic carbocycles. The van der Waals surface area contributed by atoms with Crippen LogP contribution in [0.25, 0.3) is 0 Å². The first-order valence-corrected chi connectivity index (χ1v) is 14.0. The molecule has 2 aliphatic heterocycles. The molecular formula is C25H38ClN5O4S. The van der Waals surface area contributed by atoms with Gasteiger partial charge < -0.3 is 19.4 Å². The Bertz CT molecular complexity index is 949. The normalized spacial score (nSPS) is 19.4. The summed E-state index contributed by atoms with van der Waals surface area (Å²) in [5.74, 6) is 0.771. The SMILES string of the molecule is CCOC(=O)C1CCN(C(=O)CSc2nc(Cl)cc(N3CCN(C(=O)CC(C)(C)C)C(C)C3)n2)CC1. The lowest BCUT2D eigenvalue weighted by Gasteiger charge is -2.41. The molecule has 9 nitrogen and oxygen atoms in total. The number of ether oxygens (including phenoxy) is 1. The van der Waals surface area contributed by atoms with Crippen molar-refractivity contribution < 1.29 is 19.1 Å². The maximum absolute atomic E-state index is 12.7. The number of piperazine rings is 1. The van der Waals surface area contributed by atoms with E-state index in [1.807, 2.05) is 4.90 Å². The third kappa shape index (κ3) is 7.96. The summed E-state index contributed by atoms with van der Waals surface area (Å²) in [4.78, 5) is 52.2. The van der Waals surface area contributed by atoms with E-state index in [0.717, 1.165) is 0 Å². The van der Waals surface area contributed by atoms with Crippen molar-refractivity contribution in [2.75, 3.05) is 50.0 Å². The summed E-state index contributed by atoms with van der Waals surface area (Å²) in [6, 6.07) is 1.78. The van der Waals surface area contributed by atoms with Gasteiger partial charge in [0.05, 0.1) is 18.3 Å². The van der Waals surface area contributed by atoms with Gasteiger partial charge in [-0.3, -0.25) is 14.4 Å². The number of anilines is 1. The van der Waals surface area contributed by atoms with Crippen molar-refractivity contribution >= 4 is 47.0 Å². The van der Waals surface area contributed by atoms with Gasteiger partial charge in [0.25, 0.3) is 0 Å². The van der Waals surface area contributed by atoms with Gasteiger partial charge in [0.15, 0.2) is 5.16 Å². The summed E-state index contributed by atoms with van der Waals surface area (Å²) in [7, 11) is 0. The van der Waals surface area contributed by atoms with Gasteiger partial charge in [0, 0.05) is 51.3 Å². The van der Waals surface area contributed by atoms with Crippen LogP contribution in [0.1, 0.15) is 53.9 Å². The molecule has 1 unspecified atom stereocenters. The van der Waals surface area contributed by atoms with Gasteiger partial charge in [0.1, 0.15) is 11.0 Å². The summed E-state index contributed by atoms with van der Waals surface area (Å²) in [5.41, 5.74) is -0.0471. The molecule has 0 spiro atoms. The van der Waals surface area contributed by atoms with Crippen molar-refractivity contribution in [2.45, 2.75) is 65.1 Å². The van der Waals surface area contributed by atoms with Gasteiger partial charge in [-0.2, -0.15) is 0 Å². The highest BCUT2D eigenvalue weighted by Gasteiger charge is 2.31. The number of piperidine rings is 1. The average molecular weight is 540 g/mol. The fraction of sp³-hybridized carbons (Fsp3) is 0.720. The minimum atomic E-state index is -0.174. The Balaban J connectivity index is 1.54. The number of esters is 1. The highest BCUT2D eigenvalue weighted by molar-refractivity contribution is 7.99. The smallest absolute Gasteiger partial charge is 0.309 e. The van der Waals surface area contributed by atoms with E-state index in [0.29, 0.717) is 74.7 Å². The fourth-order valence-corrected chi connectivity index (χ4v) is 5.53. The Kier molecular flexibility index (Phi) is 9.86.